The molecule has 0 spiro atoms. The molecule has 4 nitrogen and oxygen atoms in total. The molecule has 0 saturated carbocycles. The second-order valence-corrected chi connectivity index (χ2v) is 6.39. The molecular weight excluding hydrogens is 300 g/mol. The number of amides is 2. The summed E-state index contributed by atoms with van der Waals surface area (Å²) in [7, 11) is 0. The van der Waals surface area contributed by atoms with Gasteiger partial charge in [-0.2, -0.15) is 0 Å². The third kappa shape index (κ3) is 4.62. The molecule has 2 rings (SSSR count). The molecule has 1 aromatic carbocycles. The third-order valence-corrected chi connectivity index (χ3v) is 4.51. The molecule has 1 aromatic rings. The molecule has 0 aliphatic heterocycles. The lowest BCUT2D eigenvalue weighted by molar-refractivity contribution is 0.226. The lowest BCUT2D eigenvalue weighted by atomic mass is 10.0. The van der Waals surface area contributed by atoms with Crippen molar-refractivity contribution in [3.8, 4) is 0 Å². The number of aliphatic hydroxyl groups excluding tert-OH is 1. The number of aliphatic hydroxyl groups is 1. The SMILES string of the molecule is CCCC(CCO)CNC(=O)NC1CCc2cc(Cl)ccc21. The summed E-state index contributed by atoms with van der Waals surface area (Å²) in [6, 6.07) is 5.79. The van der Waals surface area contributed by atoms with Crippen LogP contribution >= 0.6 is 11.6 Å². The number of hydrogen-bond donors (Lipinski definition) is 3. The van der Waals surface area contributed by atoms with Crippen LogP contribution in [0.4, 0.5) is 4.79 Å². The minimum Gasteiger partial charge on any atom is -0.396 e. The van der Waals surface area contributed by atoms with Crippen LogP contribution in [0.25, 0.3) is 0 Å². The van der Waals surface area contributed by atoms with Crippen LogP contribution in [-0.2, 0) is 6.42 Å². The number of aryl methyl sites for hydroxylation is 1. The van der Waals surface area contributed by atoms with E-state index in [9.17, 15) is 4.79 Å². The Bertz CT molecular complexity index is 501. The second-order valence-electron chi connectivity index (χ2n) is 5.96. The van der Waals surface area contributed by atoms with Gasteiger partial charge < -0.3 is 15.7 Å². The predicted molar refractivity (Wildman–Crippen MR) is 89.1 cm³/mol. The average molecular weight is 325 g/mol. The van der Waals surface area contributed by atoms with E-state index < -0.39 is 0 Å². The smallest absolute Gasteiger partial charge is 0.315 e. The highest BCUT2D eigenvalue weighted by atomic mass is 35.5. The molecule has 2 amide bonds. The van der Waals surface area contributed by atoms with Gasteiger partial charge in [-0.05, 0) is 54.9 Å². The van der Waals surface area contributed by atoms with Crippen LogP contribution in [0, 0.1) is 5.92 Å². The summed E-state index contributed by atoms with van der Waals surface area (Å²) in [5.41, 5.74) is 2.39. The van der Waals surface area contributed by atoms with Crippen LogP contribution in [0.2, 0.25) is 5.02 Å². The van der Waals surface area contributed by atoms with E-state index in [1.807, 2.05) is 18.2 Å². The van der Waals surface area contributed by atoms with Crippen LogP contribution in [-0.4, -0.2) is 24.3 Å². The van der Waals surface area contributed by atoms with Crippen molar-refractivity contribution >= 4 is 17.6 Å². The molecule has 22 heavy (non-hydrogen) atoms. The van der Waals surface area contributed by atoms with Gasteiger partial charge in [0.05, 0.1) is 6.04 Å². The number of halogens is 1. The summed E-state index contributed by atoms with van der Waals surface area (Å²) < 4.78 is 0. The monoisotopic (exact) mass is 324 g/mol. The Hall–Kier alpha value is -1.26. The van der Waals surface area contributed by atoms with Gasteiger partial charge in [0.2, 0.25) is 0 Å². The van der Waals surface area contributed by atoms with Gasteiger partial charge in [-0.3, -0.25) is 0 Å². The zero-order valence-corrected chi connectivity index (χ0v) is 13.8. The molecule has 2 unspecified atom stereocenters. The Morgan fingerprint density at radius 1 is 1.45 bits per heavy atom. The number of carbonyl (C=O) groups is 1. The lowest BCUT2D eigenvalue weighted by Gasteiger charge is -2.18. The lowest BCUT2D eigenvalue weighted by Crippen LogP contribution is -2.39. The summed E-state index contributed by atoms with van der Waals surface area (Å²) in [4.78, 5) is 12.1. The van der Waals surface area contributed by atoms with Crippen LogP contribution in [0.15, 0.2) is 18.2 Å². The molecule has 1 aliphatic carbocycles. The molecule has 1 aliphatic rings. The fraction of sp³-hybridized carbons (Fsp3) is 0.588. The first-order valence-corrected chi connectivity index (χ1v) is 8.45. The number of hydrogen-bond acceptors (Lipinski definition) is 2. The zero-order chi connectivity index (χ0) is 15.9. The van der Waals surface area contributed by atoms with Crippen molar-refractivity contribution in [2.45, 2.75) is 45.1 Å². The molecule has 122 valence electrons. The Kier molecular flexibility index (Phi) is 6.52. The van der Waals surface area contributed by atoms with Crippen molar-refractivity contribution in [1.29, 1.82) is 0 Å². The number of rotatable bonds is 7. The van der Waals surface area contributed by atoms with E-state index >= 15 is 0 Å². The summed E-state index contributed by atoms with van der Waals surface area (Å²) >= 11 is 6.00. The first kappa shape index (κ1) is 17.1. The summed E-state index contributed by atoms with van der Waals surface area (Å²) in [5.74, 6) is 0.343. The largest absolute Gasteiger partial charge is 0.396 e. The normalized spacial score (nSPS) is 17.9. The first-order valence-electron chi connectivity index (χ1n) is 8.07. The molecule has 0 radical (unpaired) electrons. The molecule has 5 heteroatoms. The van der Waals surface area contributed by atoms with Gasteiger partial charge in [-0.1, -0.05) is 31.0 Å². The molecule has 0 saturated heterocycles. The highest BCUT2D eigenvalue weighted by Gasteiger charge is 2.24. The minimum absolute atomic E-state index is 0.0646. The van der Waals surface area contributed by atoms with Gasteiger partial charge >= 0.3 is 6.03 Å². The number of benzene rings is 1. The molecule has 2 atom stereocenters. The van der Waals surface area contributed by atoms with Crippen molar-refractivity contribution in [3.05, 3.63) is 34.3 Å². The fourth-order valence-electron chi connectivity index (χ4n) is 3.12. The van der Waals surface area contributed by atoms with Gasteiger partial charge in [0.15, 0.2) is 0 Å². The molecule has 3 N–H and O–H groups in total. The fourth-order valence-corrected chi connectivity index (χ4v) is 3.32. The van der Waals surface area contributed by atoms with Crippen molar-refractivity contribution in [3.63, 3.8) is 0 Å². The highest BCUT2D eigenvalue weighted by molar-refractivity contribution is 6.30. The van der Waals surface area contributed by atoms with Gasteiger partial charge in [-0.25, -0.2) is 4.79 Å². The molecular formula is C17H25ClN2O2. The van der Waals surface area contributed by atoms with Gasteiger partial charge in [0.25, 0.3) is 0 Å². The topological polar surface area (TPSA) is 61.4 Å². The highest BCUT2D eigenvalue weighted by Crippen LogP contribution is 2.32. The standard InChI is InChI=1S/C17H25ClN2O2/c1-2-3-12(8-9-21)11-19-17(22)20-16-7-4-13-10-14(18)5-6-15(13)16/h5-6,10,12,16,21H,2-4,7-9,11H2,1H3,(H2,19,20,22). The Balaban J connectivity index is 1.83. The van der Waals surface area contributed by atoms with E-state index in [0.29, 0.717) is 12.5 Å². The minimum atomic E-state index is -0.133. The maximum atomic E-state index is 12.1. The van der Waals surface area contributed by atoms with E-state index in [4.69, 9.17) is 16.7 Å². The first-order chi connectivity index (χ1) is 10.6. The second kappa shape index (κ2) is 8.39. The molecule has 0 heterocycles. The zero-order valence-electron chi connectivity index (χ0n) is 13.1. The Morgan fingerprint density at radius 2 is 2.27 bits per heavy atom. The van der Waals surface area contributed by atoms with Gasteiger partial charge in [-0.15, -0.1) is 0 Å². The maximum absolute atomic E-state index is 12.1. The number of carbonyl (C=O) groups excluding carboxylic acids is 1. The Morgan fingerprint density at radius 3 is 3.00 bits per heavy atom. The van der Waals surface area contributed by atoms with E-state index in [1.165, 1.54) is 11.1 Å². The average Bonchev–Trinajstić information content (AvgIpc) is 2.87. The van der Waals surface area contributed by atoms with Gasteiger partial charge in [0.1, 0.15) is 0 Å². The van der Waals surface area contributed by atoms with Crippen LogP contribution in [0.3, 0.4) is 0 Å². The predicted octanol–water partition coefficient (Wildman–Crippen LogP) is 3.43. The summed E-state index contributed by atoms with van der Waals surface area (Å²) in [6.45, 7) is 2.90. The molecule has 0 fully saturated rings. The van der Waals surface area contributed by atoms with E-state index in [1.54, 1.807) is 0 Å². The number of urea groups is 1. The van der Waals surface area contributed by atoms with Crippen LogP contribution in [0.1, 0.15) is 49.8 Å². The summed E-state index contributed by atoms with van der Waals surface area (Å²) in [6.07, 6.45) is 4.68. The van der Waals surface area contributed by atoms with Gasteiger partial charge in [0, 0.05) is 18.2 Å². The van der Waals surface area contributed by atoms with Crippen LogP contribution in [0.5, 0.6) is 0 Å². The summed E-state index contributed by atoms with van der Waals surface area (Å²) in [5, 5.41) is 15.8. The molecule has 0 aromatic heterocycles. The number of nitrogens with one attached hydrogen (secondary N) is 2. The maximum Gasteiger partial charge on any atom is 0.315 e. The quantitative estimate of drug-likeness (QED) is 0.719. The third-order valence-electron chi connectivity index (χ3n) is 4.27. The van der Waals surface area contributed by atoms with Crippen molar-refractivity contribution in [2.75, 3.05) is 13.2 Å². The van der Waals surface area contributed by atoms with E-state index in [0.717, 1.165) is 37.1 Å². The Labute approximate surface area is 137 Å². The van der Waals surface area contributed by atoms with E-state index in [2.05, 4.69) is 17.6 Å². The van der Waals surface area contributed by atoms with Crippen molar-refractivity contribution in [2.24, 2.45) is 5.92 Å². The number of fused-ring (bicyclic) bond motifs is 1. The van der Waals surface area contributed by atoms with Crippen LogP contribution < -0.4 is 10.6 Å². The van der Waals surface area contributed by atoms with Crippen molar-refractivity contribution in [1.82, 2.24) is 10.6 Å². The van der Waals surface area contributed by atoms with Crippen molar-refractivity contribution < 1.29 is 9.90 Å². The van der Waals surface area contributed by atoms with E-state index in [-0.39, 0.29) is 18.7 Å². The molecule has 0 bridgehead atoms.